The predicted molar refractivity (Wildman–Crippen MR) is 68.5 cm³/mol. The zero-order valence-corrected chi connectivity index (χ0v) is 11.7. The standard InChI is InChI=1S/C10H19N5O2S/c1-4-10(11-2,8(16)17)6-5-7-18-9-12-13-14-15(9)3/h11H,4-7H2,1-3H3,(H,16,17). The topological polar surface area (TPSA) is 92.9 Å². The molecular weight excluding hydrogens is 254 g/mol. The fraction of sp³-hybridized carbons (Fsp3) is 0.800. The number of nitrogens with zero attached hydrogens (tertiary/aromatic N) is 4. The number of aromatic nitrogens is 4. The van der Waals surface area contributed by atoms with Crippen LogP contribution in [-0.4, -0.2) is 49.6 Å². The van der Waals surface area contributed by atoms with Crippen LogP contribution < -0.4 is 5.32 Å². The van der Waals surface area contributed by atoms with Gasteiger partial charge in [0.15, 0.2) is 0 Å². The number of hydrogen-bond acceptors (Lipinski definition) is 6. The molecular formula is C10H19N5O2S. The molecule has 0 aliphatic heterocycles. The highest BCUT2D eigenvalue weighted by molar-refractivity contribution is 7.99. The molecule has 0 saturated carbocycles. The molecule has 1 heterocycles. The van der Waals surface area contributed by atoms with Crippen molar-refractivity contribution in [3.05, 3.63) is 0 Å². The minimum atomic E-state index is -0.821. The number of tetrazole rings is 1. The number of thioether (sulfide) groups is 1. The Labute approximate surface area is 110 Å². The number of aryl methyl sites for hydroxylation is 1. The van der Waals surface area contributed by atoms with Crippen LogP contribution in [0, 0.1) is 0 Å². The van der Waals surface area contributed by atoms with Gasteiger partial charge in [0.05, 0.1) is 0 Å². The first kappa shape index (κ1) is 14.9. The molecule has 0 aromatic carbocycles. The van der Waals surface area contributed by atoms with Crippen molar-refractivity contribution in [1.82, 2.24) is 25.5 Å². The highest BCUT2D eigenvalue weighted by Gasteiger charge is 2.34. The lowest BCUT2D eigenvalue weighted by atomic mass is 9.91. The van der Waals surface area contributed by atoms with Gasteiger partial charge >= 0.3 is 5.97 Å². The number of hydrogen-bond donors (Lipinski definition) is 2. The van der Waals surface area contributed by atoms with Crippen molar-refractivity contribution in [2.24, 2.45) is 7.05 Å². The summed E-state index contributed by atoms with van der Waals surface area (Å²) in [5.74, 6) is 0.00287. The molecule has 0 amide bonds. The SMILES string of the molecule is CCC(CCCSc1nnnn1C)(NC)C(=O)O. The molecule has 0 aliphatic rings. The third kappa shape index (κ3) is 3.42. The summed E-state index contributed by atoms with van der Waals surface area (Å²) in [6.45, 7) is 1.88. The Hall–Kier alpha value is -1.15. The second-order valence-electron chi connectivity index (χ2n) is 4.03. The summed E-state index contributed by atoms with van der Waals surface area (Å²) in [6.07, 6.45) is 1.95. The molecule has 2 N–H and O–H groups in total. The summed E-state index contributed by atoms with van der Waals surface area (Å²) < 4.78 is 1.60. The Morgan fingerprint density at radius 2 is 2.33 bits per heavy atom. The first-order valence-corrected chi connectivity index (χ1v) is 6.81. The van der Waals surface area contributed by atoms with Gasteiger partial charge < -0.3 is 10.4 Å². The van der Waals surface area contributed by atoms with Crippen LogP contribution >= 0.6 is 11.8 Å². The van der Waals surface area contributed by atoms with Gasteiger partial charge in [0.2, 0.25) is 5.16 Å². The highest BCUT2D eigenvalue weighted by atomic mass is 32.2. The number of likely N-dealkylation sites (N-methyl/N-ethyl adjacent to an activating group) is 1. The van der Waals surface area contributed by atoms with E-state index in [0.29, 0.717) is 12.8 Å². The zero-order valence-electron chi connectivity index (χ0n) is 10.9. The Bertz CT molecular complexity index is 391. The molecule has 1 aromatic heterocycles. The van der Waals surface area contributed by atoms with Crippen molar-refractivity contribution >= 4 is 17.7 Å². The summed E-state index contributed by atoms with van der Waals surface area (Å²) in [4.78, 5) is 11.3. The van der Waals surface area contributed by atoms with Crippen molar-refractivity contribution in [2.75, 3.05) is 12.8 Å². The van der Waals surface area contributed by atoms with Crippen LogP contribution in [0.2, 0.25) is 0 Å². The molecule has 0 fully saturated rings. The number of rotatable bonds is 8. The Balaban J connectivity index is 2.40. The summed E-state index contributed by atoms with van der Waals surface area (Å²) in [5.41, 5.74) is -0.821. The number of carboxylic acid groups (broad SMARTS) is 1. The lowest BCUT2D eigenvalue weighted by Crippen LogP contribution is -2.49. The Kier molecular flexibility index (Phi) is 5.54. The van der Waals surface area contributed by atoms with Crippen molar-refractivity contribution in [2.45, 2.75) is 36.9 Å². The summed E-state index contributed by atoms with van der Waals surface area (Å²) >= 11 is 1.53. The first-order chi connectivity index (χ1) is 8.55. The van der Waals surface area contributed by atoms with Gasteiger partial charge in [-0.1, -0.05) is 18.7 Å². The fourth-order valence-corrected chi connectivity index (χ4v) is 2.51. The molecule has 8 heteroatoms. The molecule has 1 unspecified atom stereocenters. The average molecular weight is 273 g/mol. The third-order valence-corrected chi connectivity index (χ3v) is 4.15. The minimum Gasteiger partial charge on any atom is -0.480 e. The second kappa shape index (κ2) is 6.69. The van der Waals surface area contributed by atoms with Crippen molar-refractivity contribution in [3.63, 3.8) is 0 Å². The Morgan fingerprint density at radius 1 is 1.61 bits per heavy atom. The van der Waals surface area contributed by atoms with Gasteiger partial charge in [-0.25, -0.2) is 4.68 Å². The maximum atomic E-state index is 11.3. The molecule has 1 aromatic rings. The third-order valence-electron chi connectivity index (χ3n) is 3.05. The number of carboxylic acids is 1. The molecule has 1 rings (SSSR count). The minimum absolute atomic E-state index is 0.564. The van der Waals surface area contributed by atoms with Gasteiger partial charge in [0.25, 0.3) is 0 Å². The van der Waals surface area contributed by atoms with E-state index in [1.165, 1.54) is 11.8 Å². The molecule has 18 heavy (non-hydrogen) atoms. The van der Waals surface area contributed by atoms with E-state index in [0.717, 1.165) is 17.3 Å². The van der Waals surface area contributed by atoms with E-state index in [9.17, 15) is 9.90 Å². The smallest absolute Gasteiger partial charge is 0.323 e. The van der Waals surface area contributed by atoms with Gasteiger partial charge in [0, 0.05) is 12.8 Å². The normalized spacial score (nSPS) is 14.4. The molecule has 102 valence electrons. The number of aliphatic carboxylic acids is 1. The largest absolute Gasteiger partial charge is 0.480 e. The Morgan fingerprint density at radius 3 is 2.78 bits per heavy atom. The summed E-state index contributed by atoms with van der Waals surface area (Å²) in [6, 6.07) is 0. The lowest BCUT2D eigenvalue weighted by Gasteiger charge is -2.27. The van der Waals surface area contributed by atoms with Crippen LogP contribution in [0.3, 0.4) is 0 Å². The monoisotopic (exact) mass is 273 g/mol. The van der Waals surface area contributed by atoms with Gasteiger partial charge in [0.1, 0.15) is 5.54 Å². The van der Waals surface area contributed by atoms with Crippen LogP contribution in [0.5, 0.6) is 0 Å². The molecule has 1 atom stereocenters. The zero-order chi connectivity index (χ0) is 13.6. The summed E-state index contributed by atoms with van der Waals surface area (Å²) in [5, 5.41) is 24.0. The lowest BCUT2D eigenvalue weighted by molar-refractivity contribution is -0.145. The second-order valence-corrected chi connectivity index (χ2v) is 5.09. The van der Waals surface area contributed by atoms with E-state index in [1.807, 2.05) is 6.92 Å². The molecule has 0 saturated heterocycles. The maximum Gasteiger partial charge on any atom is 0.323 e. The number of carbonyl (C=O) groups is 1. The molecule has 0 aliphatic carbocycles. The highest BCUT2D eigenvalue weighted by Crippen LogP contribution is 2.21. The summed E-state index contributed by atoms with van der Waals surface area (Å²) in [7, 11) is 3.47. The van der Waals surface area contributed by atoms with E-state index < -0.39 is 11.5 Å². The van der Waals surface area contributed by atoms with Crippen molar-refractivity contribution in [3.8, 4) is 0 Å². The van der Waals surface area contributed by atoms with Crippen molar-refractivity contribution < 1.29 is 9.90 Å². The van der Waals surface area contributed by atoms with Gasteiger partial charge in [-0.05, 0) is 36.7 Å². The number of nitrogens with one attached hydrogen (secondary N) is 1. The first-order valence-electron chi connectivity index (χ1n) is 5.83. The average Bonchev–Trinajstić information content (AvgIpc) is 2.75. The van der Waals surface area contributed by atoms with Crippen LogP contribution in [0.15, 0.2) is 5.16 Å². The van der Waals surface area contributed by atoms with Gasteiger partial charge in [-0.2, -0.15) is 0 Å². The van der Waals surface area contributed by atoms with Crippen molar-refractivity contribution in [1.29, 1.82) is 0 Å². The molecule has 0 radical (unpaired) electrons. The van der Waals surface area contributed by atoms with Gasteiger partial charge in [-0.15, -0.1) is 5.10 Å². The van der Waals surface area contributed by atoms with Crippen LogP contribution in [0.1, 0.15) is 26.2 Å². The van der Waals surface area contributed by atoms with E-state index in [4.69, 9.17) is 0 Å². The quantitative estimate of drug-likeness (QED) is 0.527. The van der Waals surface area contributed by atoms with E-state index in [2.05, 4.69) is 20.8 Å². The molecule has 0 bridgehead atoms. The van der Waals surface area contributed by atoms with Crippen LogP contribution in [-0.2, 0) is 11.8 Å². The predicted octanol–water partition coefficient (Wildman–Crippen LogP) is 0.535. The maximum absolute atomic E-state index is 11.3. The van der Waals surface area contributed by atoms with Gasteiger partial charge in [-0.3, -0.25) is 4.79 Å². The van der Waals surface area contributed by atoms with E-state index >= 15 is 0 Å². The molecule has 7 nitrogen and oxygen atoms in total. The van der Waals surface area contributed by atoms with E-state index in [1.54, 1.807) is 18.8 Å². The fourth-order valence-electron chi connectivity index (χ4n) is 1.72. The van der Waals surface area contributed by atoms with E-state index in [-0.39, 0.29) is 0 Å². The molecule has 0 spiro atoms. The van der Waals surface area contributed by atoms with Crippen LogP contribution in [0.25, 0.3) is 0 Å². The van der Waals surface area contributed by atoms with Crippen LogP contribution in [0.4, 0.5) is 0 Å².